The average molecular weight is 292 g/mol. The summed E-state index contributed by atoms with van der Waals surface area (Å²) in [6.07, 6.45) is 0. The molecule has 0 aromatic heterocycles. The maximum absolute atomic E-state index is 12.6. The molecule has 0 bridgehead atoms. The molecule has 1 unspecified atom stereocenters. The van der Waals surface area contributed by atoms with Gasteiger partial charge in [0, 0.05) is 0 Å². The molecule has 20 heavy (non-hydrogen) atoms. The van der Waals surface area contributed by atoms with Gasteiger partial charge in [-0.25, -0.2) is 4.57 Å². The molecular formula is C15H17O4P. The van der Waals surface area contributed by atoms with Crippen LogP contribution < -0.4 is 9.05 Å². The fraction of sp³-hybridized carbons (Fsp3) is 0.200. The van der Waals surface area contributed by atoms with Crippen LogP contribution in [-0.2, 0) is 9.09 Å². The van der Waals surface area contributed by atoms with Crippen LogP contribution in [0, 0.1) is 6.92 Å². The zero-order valence-corrected chi connectivity index (χ0v) is 12.4. The summed E-state index contributed by atoms with van der Waals surface area (Å²) >= 11 is 0. The van der Waals surface area contributed by atoms with E-state index >= 15 is 0 Å². The van der Waals surface area contributed by atoms with Gasteiger partial charge in [-0.1, -0.05) is 30.3 Å². The molecule has 0 aliphatic rings. The summed E-state index contributed by atoms with van der Waals surface area (Å²) in [6.45, 7) is 3.90. The lowest BCUT2D eigenvalue weighted by Crippen LogP contribution is -2.05. The molecule has 4 nitrogen and oxygen atoms in total. The zero-order chi connectivity index (χ0) is 14.4. The van der Waals surface area contributed by atoms with Crippen molar-refractivity contribution < 1.29 is 18.1 Å². The van der Waals surface area contributed by atoms with Gasteiger partial charge in [0.2, 0.25) is 0 Å². The second-order valence-corrected chi connectivity index (χ2v) is 5.69. The van der Waals surface area contributed by atoms with Gasteiger partial charge >= 0.3 is 7.82 Å². The lowest BCUT2D eigenvalue weighted by Gasteiger charge is -2.18. The topological polar surface area (TPSA) is 44.8 Å². The Morgan fingerprint density at radius 2 is 1.60 bits per heavy atom. The van der Waals surface area contributed by atoms with E-state index in [2.05, 4.69) is 0 Å². The van der Waals surface area contributed by atoms with Crippen LogP contribution in [0.15, 0.2) is 54.6 Å². The molecular weight excluding hydrogens is 275 g/mol. The molecule has 0 saturated heterocycles. The van der Waals surface area contributed by atoms with E-state index < -0.39 is 7.82 Å². The van der Waals surface area contributed by atoms with Crippen molar-refractivity contribution in [2.24, 2.45) is 0 Å². The normalized spacial score (nSPS) is 13.5. The van der Waals surface area contributed by atoms with Crippen LogP contribution in [0.25, 0.3) is 0 Å². The predicted octanol–water partition coefficient (Wildman–Crippen LogP) is 4.60. The van der Waals surface area contributed by atoms with Crippen molar-refractivity contribution >= 4 is 7.82 Å². The summed E-state index contributed by atoms with van der Waals surface area (Å²) in [4.78, 5) is 0. The molecule has 0 saturated carbocycles. The summed E-state index contributed by atoms with van der Waals surface area (Å²) < 4.78 is 28.6. The van der Waals surface area contributed by atoms with Crippen molar-refractivity contribution in [3.8, 4) is 11.5 Å². The second kappa shape index (κ2) is 6.60. The summed E-state index contributed by atoms with van der Waals surface area (Å²) in [7, 11) is -3.68. The summed E-state index contributed by atoms with van der Waals surface area (Å²) in [5.41, 5.74) is 1.00. The standard InChI is InChI=1S/C15H17O4P/c1-3-17-20(16,18-14-9-5-4-6-10-14)19-15-11-7-8-13(2)12-15/h4-12H,3H2,1-2H3. The quantitative estimate of drug-likeness (QED) is 0.730. The highest BCUT2D eigenvalue weighted by Crippen LogP contribution is 2.49. The van der Waals surface area contributed by atoms with Crippen molar-refractivity contribution in [3.05, 3.63) is 60.2 Å². The minimum absolute atomic E-state index is 0.232. The Balaban J connectivity index is 2.19. The Bertz CT molecular complexity index is 598. The second-order valence-electron chi connectivity index (χ2n) is 4.18. The molecule has 5 heteroatoms. The maximum atomic E-state index is 12.6. The van der Waals surface area contributed by atoms with Gasteiger partial charge in [-0.15, -0.1) is 0 Å². The molecule has 0 heterocycles. The van der Waals surface area contributed by atoms with Crippen molar-refractivity contribution in [2.45, 2.75) is 13.8 Å². The Morgan fingerprint density at radius 1 is 0.950 bits per heavy atom. The van der Waals surface area contributed by atoms with Gasteiger partial charge in [-0.2, -0.15) is 0 Å². The number of benzene rings is 2. The number of aryl methyl sites for hydroxylation is 1. The molecule has 0 N–H and O–H groups in total. The van der Waals surface area contributed by atoms with Crippen LogP contribution in [0.2, 0.25) is 0 Å². The number of hydrogen-bond donors (Lipinski definition) is 0. The van der Waals surface area contributed by atoms with E-state index in [0.717, 1.165) is 5.56 Å². The Morgan fingerprint density at radius 3 is 2.25 bits per heavy atom. The molecule has 1 atom stereocenters. The van der Waals surface area contributed by atoms with E-state index in [-0.39, 0.29) is 6.61 Å². The Kier molecular flexibility index (Phi) is 4.83. The molecule has 2 aromatic carbocycles. The number of phosphoric ester groups is 1. The van der Waals surface area contributed by atoms with Crippen molar-refractivity contribution in [1.82, 2.24) is 0 Å². The van der Waals surface area contributed by atoms with E-state index in [1.54, 1.807) is 43.3 Å². The fourth-order valence-corrected chi connectivity index (χ4v) is 2.85. The van der Waals surface area contributed by atoms with Crippen LogP contribution in [-0.4, -0.2) is 6.61 Å². The number of phosphoric acid groups is 1. The number of para-hydroxylation sites is 1. The van der Waals surface area contributed by atoms with Gasteiger partial charge in [0.25, 0.3) is 0 Å². The number of hydrogen-bond acceptors (Lipinski definition) is 4. The first-order chi connectivity index (χ1) is 9.61. The maximum Gasteiger partial charge on any atom is 0.587 e. The molecule has 0 aliphatic heterocycles. The van der Waals surface area contributed by atoms with Gasteiger partial charge in [0.05, 0.1) is 6.61 Å². The van der Waals surface area contributed by atoms with Crippen LogP contribution in [0.3, 0.4) is 0 Å². The summed E-state index contributed by atoms with van der Waals surface area (Å²) in [5, 5.41) is 0. The van der Waals surface area contributed by atoms with Crippen molar-refractivity contribution in [2.75, 3.05) is 6.61 Å². The third kappa shape index (κ3) is 4.12. The minimum atomic E-state index is -3.68. The van der Waals surface area contributed by atoms with Crippen LogP contribution >= 0.6 is 7.82 Å². The highest BCUT2D eigenvalue weighted by molar-refractivity contribution is 7.49. The lowest BCUT2D eigenvalue weighted by molar-refractivity contribution is 0.219. The third-order valence-electron chi connectivity index (χ3n) is 2.45. The van der Waals surface area contributed by atoms with E-state index in [1.165, 1.54) is 0 Å². The Hall–Kier alpha value is -1.77. The highest BCUT2D eigenvalue weighted by Gasteiger charge is 2.30. The molecule has 0 aliphatic carbocycles. The SMILES string of the molecule is CCOP(=O)(Oc1ccccc1)Oc1cccc(C)c1. The first-order valence-electron chi connectivity index (χ1n) is 6.37. The van der Waals surface area contributed by atoms with E-state index in [9.17, 15) is 4.57 Å². The van der Waals surface area contributed by atoms with Crippen LogP contribution in [0.1, 0.15) is 12.5 Å². The minimum Gasteiger partial charge on any atom is -0.395 e. The fourth-order valence-electron chi connectivity index (χ4n) is 1.64. The number of rotatable bonds is 6. The van der Waals surface area contributed by atoms with Gasteiger partial charge in [-0.05, 0) is 43.7 Å². The van der Waals surface area contributed by atoms with Crippen LogP contribution in [0.5, 0.6) is 11.5 Å². The average Bonchev–Trinajstić information content (AvgIpc) is 2.39. The first kappa shape index (κ1) is 14.6. The largest absolute Gasteiger partial charge is 0.587 e. The molecule has 0 radical (unpaired) electrons. The molecule has 2 aromatic rings. The highest BCUT2D eigenvalue weighted by atomic mass is 31.2. The van der Waals surface area contributed by atoms with Crippen molar-refractivity contribution in [1.29, 1.82) is 0 Å². The summed E-state index contributed by atoms with van der Waals surface area (Å²) in [5.74, 6) is 0.898. The van der Waals surface area contributed by atoms with Crippen molar-refractivity contribution in [3.63, 3.8) is 0 Å². The van der Waals surface area contributed by atoms with Gasteiger partial charge in [0.1, 0.15) is 11.5 Å². The summed E-state index contributed by atoms with van der Waals surface area (Å²) in [6, 6.07) is 16.1. The molecule has 106 valence electrons. The van der Waals surface area contributed by atoms with E-state index in [4.69, 9.17) is 13.6 Å². The zero-order valence-electron chi connectivity index (χ0n) is 11.5. The monoisotopic (exact) mass is 292 g/mol. The third-order valence-corrected chi connectivity index (χ3v) is 3.90. The lowest BCUT2D eigenvalue weighted by atomic mass is 10.2. The molecule has 0 amide bonds. The molecule has 0 spiro atoms. The van der Waals surface area contributed by atoms with Crippen LogP contribution in [0.4, 0.5) is 0 Å². The van der Waals surface area contributed by atoms with E-state index in [0.29, 0.717) is 11.5 Å². The van der Waals surface area contributed by atoms with Gasteiger partial charge in [-0.3, -0.25) is 4.52 Å². The smallest absolute Gasteiger partial charge is 0.395 e. The molecule has 0 fully saturated rings. The van der Waals surface area contributed by atoms with Gasteiger partial charge < -0.3 is 9.05 Å². The Labute approximate surface area is 118 Å². The van der Waals surface area contributed by atoms with Gasteiger partial charge in [0.15, 0.2) is 0 Å². The first-order valence-corrected chi connectivity index (χ1v) is 7.83. The predicted molar refractivity (Wildman–Crippen MR) is 78.1 cm³/mol. The molecule has 2 rings (SSSR count). The van der Waals surface area contributed by atoms with E-state index in [1.807, 2.05) is 25.1 Å².